The lowest BCUT2D eigenvalue weighted by atomic mass is 10.0. The second-order valence-electron chi connectivity index (χ2n) is 8.57. The van der Waals surface area contributed by atoms with Gasteiger partial charge in [0.1, 0.15) is 17.5 Å². The number of carbonyl (C=O) groups is 1. The lowest BCUT2D eigenvalue weighted by Gasteiger charge is -2.37. The van der Waals surface area contributed by atoms with Gasteiger partial charge in [-0.05, 0) is 18.1 Å². The van der Waals surface area contributed by atoms with Crippen LogP contribution in [0.3, 0.4) is 0 Å². The first-order chi connectivity index (χ1) is 14.3. The zero-order chi connectivity index (χ0) is 21.8. The van der Waals surface area contributed by atoms with Gasteiger partial charge in [0.15, 0.2) is 0 Å². The SMILES string of the molecule is CCc1nc(C(C)C)nc(N2CCN(C(=O)C(C)C)CC2)c1Cc1ccccc1F. The molecule has 0 bridgehead atoms. The van der Waals surface area contributed by atoms with E-state index in [0.29, 0.717) is 25.1 Å². The van der Waals surface area contributed by atoms with E-state index in [1.807, 2.05) is 30.9 Å². The van der Waals surface area contributed by atoms with E-state index in [9.17, 15) is 9.18 Å². The smallest absolute Gasteiger partial charge is 0.225 e. The molecule has 30 heavy (non-hydrogen) atoms. The van der Waals surface area contributed by atoms with Crippen molar-refractivity contribution < 1.29 is 9.18 Å². The van der Waals surface area contributed by atoms with Crippen LogP contribution in [0, 0.1) is 11.7 Å². The standard InChI is InChI=1S/C24H33FN4O/c1-6-21-19(15-18-9-7-8-10-20(18)25)23(27-22(26-21)16(2)3)28-11-13-29(14-12-28)24(30)17(4)5/h7-10,16-17H,6,11-15H2,1-5H3. The maximum absolute atomic E-state index is 14.4. The molecule has 1 amide bonds. The molecule has 0 spiro atoms. The maximum Gasteiger partial charge on any atom is 0.225 e. The Balaban J connectivity index is 1.96. The normalized spacial score (nSPS) is 14.7. The van der Waals surface area contributed by atoms with Gasteiger partial charge in [0.05, 0.1) is 0 Å². The molecule has 162 valence electrons. The van der Waals surface area contributed by atoms with Crippen molar-refractivity contribution in [3.05, 3.63) is 52.7 Å². The quantitative estimate of drug-likeness (QED) is 0.714. The van der Waals surface area contributed by atoms with Gasteiger partial charge < -0.3 is 9.80 Å². The molecule has 6 heteroatoms. The number of rotatable bonds is 6. The summed E-state index contributed by atoms with van der Waals surface area (Å²) in [5.41, 5.74) is 2.63. The number of nitrogens with zero attached hydrogens (tertiary/aromatic N) is 4. The van der Waals surface area contributed by atoms with Crippen LogP contribution in [0.25, 0.3) is 0 Å². The van der Waals surface area contributed by atoms with Crippen LogP contribution in [-0.4, -0.2) is 47.0 Å². The Morgan fingerprint density at radius 2 is 1.73 bits per heavy atom. The number of hydrogen-bond acceptors (Lipinski definition) is 4. The number of piperazine rings is 1. The summed E-state index contributed by atoms with van der Waals surface area (Å²) in [6.45, 7) is 12.9. The maximum atomic E-state index is 14.4. The summed E-state index contributed by atoms with van der Waals surface area (Å²) in [4.78, 5) is 26.3. The molecule has 0 saturated carbocycles. The number of aromatic nitrogens is 2. The fraction of sp³-hybridized carbons (Fsp3) is 0.542. The van der Waals surface area contributed by atoms with E-state index in [1.54, 1.807) is 6.07 Å². The van der Waals surface area contributed by atoms with Crippen molar-refractivity contribution in [2.75, 3.05) is 31.1 Å². The Hall–Kier alpha value is -2.50. The first-order valence-corrected chi connectivity index (χ1v) is 11.0. The minimum Gasteiger partial charge on any atom is -0.353 e. The topological polar surface area (TPSA) is 49.3 Å². The number of aryl methyl sites for hydroxylation is 1. The van der Waals surface area contributed by atoms with E-state index in [0.717, 1.165) is 42.4 Å². The first kappa shape index (κ1) is 22.2. The van der Waals surface area contributed by atoms with Gasteiger partial charge in [-0.3, -0.25) is 4.79 Å². The summed E-state index contributed by atoms with van der Waals surface area (Å²) in [7, 11) is 0. The van der Waals surface area contributed by atoms with Gasteiger partial charge in [0.25, 0.3) is 0 Å². The van der Waals surface area contributed by atoms with Crippen LogP contribution in [0.5, 0.6) is 0 Å². The molecule has 0 N–H and O–H groups in total. The van der Waals surface area contributed by atoms with Gasteiger partial charge in [-0.1, -0.05) is 52.8 Å². The summed E-state index contributed by atoms with van der Waals surface area (Å²) in [5.74, 6) is 1.92. The molecule has 1 aliphatic heterocycles. The molecule has 3 rings (SSSR count). The van der Waals surface area contributed by atoms with Gasteiger partial charge in [0.2, 0.25) is 5.91 Å². The van der Waals surface area contributed by atoms with Crippen LogP contribution in [0.15, 0.2) is 24.3 Å². The highest BCUT2D eigenvalue weighted by atomic mass is 19.1. The summed E-state index contributed by atoms with van der Waals surface area (Å²) in [6, 6.07) is 6.90. The Bertz CT molecular complexity index is 889. The molecular formula is C24H33FN4O. The summed E-state index contributed by atoms with van der Waals surface area (Å²) >= 11 is 0. The van der Waals surface area contributed by atoms with E-state index in [4.69, 9.17) is 9.97 Å². The number of benzene rings is 1. The summed E-state index contributed by atoms with van der Waals surface area (Å²) < 4.78 is 14.4. The number of carbonyl (C=O) groups excluding carboxylic acids is 1. The molecule has 1 aromatic carbocycles. The van der Waals surface area contributed by atoms with E-state index >= 15 is 0 Å². The minimum absolute atomic E-state index is 0.00598. The first-order valence-electron chi connectivity index (χ1n) is 11.0. The Morgan fingerprint density at radius 1 is 1.07 bits per heavy atom. The predicted octanol–water partition coefficient (Wildman–Crippen LogP) is 4.20. The van der Waals surface area contributed by atoms with Crippen molar-refractivity contribution in [3.8, 4) is 0 Å². The molecule has 0 aliphatic carbocycles. The van der Waals surface area contributed by atoms with Crippen molar-refractivity contribution in [1.29, 1.82) is 0 Å². The molecule has 0 radical (unpaired) electrons. The highest BCUT2D eigenvalue weighted by Gasteiger charge is 2.27. The molecule has 2 aromatic rings. The highest BCUT2D eigenvalue weighted by Crippen LogP contribution is 2.28. The fourth-order valence-corrected chi connectivity index (χ4v) is 3.87. The van der Waals surface area contributed by atoms with Gasteiger partial charge in [-0.15, -0.1) is 0 Å². The molecule has 0 unspecified atom stereocenters. The zero-order valence-corrected chi connectivity index (χ0v) is 18.8. The monoisotopic (exact) mass is 412 g/mol. The molecule has 2 heterocycles. The largest absolute Gasteiger partial charge is 0.353 e. The molecule has 1 aromatic heterocycles. The van der Waals surface area contributed by atoms with Gasteiger partial charge in [0, 0.05) is 55.7 Å². The lowest BCUT2D eigenvalue weighted by Crippen LogP contribution is -2.50. The van der Waals surface area contributed by atoms with Crippen LogP contribution in [0.1, 0.15) is 63.2 Å². The molecule has 1 fully saturated rings. The fourth-order valence-electron chi connectivity index (χ4n) is 3.87. The molecule has 1 saturated heterocycles. The average molecular weight is 413 g/mol. The molecule has 5 nitrogen and oxygen atoms in total. The van der Waals surface area contributed by atoms with Gasteiger partial charge in [-0.25, -0.2) is 14.4 Å². The Morgan fingerprint density at radius 3 is 2.30 bits per heavy atom. The third-order valence-electron chi connectivity index (χ3n) is 5.65. The second-order valence-corrected chi connectivity index (χ2v) is 8.57. The minimum atomic E-state index is -0.203. The van der Waals surface area contributed by atoms with Crippen molar-refractivity contribution >= 4 is 11.7 Å². The zero-order valence-electron chi connectivity index (χ0n) is 18.8. The molecular weight excluding hydrogens is 379 g/mol. The third-order valence-corrected chi connectivity index (χ3v) is 5.65. The molecule has 1 aliphatic rings. The van der Waals surface area contributed by atoms with Gasteiger partial charge >= 0.3 is 0 Å². The van der Waals surface area contributed by atoms with E-state index in [-0.39, 0.29) is 23.6 Å². The second kappa shape index (κ2) is 9.54. The van der Waals surface area contributed by atoms with Crippen LogP contribution < -0.4 is 4.90 Å². The van der Waals surface area contributed by atoms with Crippen LogP contribution in [-0.2, 0) is 17.6 Å². The highest BCUT2D eigenvalue weighted by molar-refractivity contribution is 5.78. The Kier molecular flexibility index (Phi) is 7.06. The van der Waals surface area contributed by atoms with Crippen LogP contribution in [0.4, 0.5) is 10.2 Å². The lowest BCUT2D eigenvalue weighted by molar-refractivity contribution is -0.134. The number of amides is 1. The van der Waals surface area contributed by atoms with E-state index in [1.165, 1.54) is 6.07 Å². The van der Waals surface area contributed by atoms with Crippen LogP contribution >= 0.6 is 0 Å². The van der Waals surface area contributed by atoms with Crippen molar-refractivity contribution in [2.24, 2.45) is 5.92 Å². The Labute approximate surface area is 179 Å². The van der Waals surface area contributed by atoms with Crippen molar-refractivity contribution in [1.82, 2.24) is 14.9 Å². The van der Waals surface area contributed by atoms with Crippen molar-refractivity contribution in [2.45, 2.75) is 53.4 Å². The van der Waals surface area contributed by atoms with Gasteiger partial charge in [-0.2, -0.15) is 0 Å². The van der Waals surface area contributed by atoms with E-state index in [2.05, 4.69) is 25.7 Å². The third kappa shape index (κ3) is 4.79. The van der Waals surface area contributed by atoms with Crippen molar-refractivity contribution in [3.63, 3.8) is 0 Å². The predicted molar refractivity (Wildman–Crippen MR) is 118 cm³/mol. The summed E-state index contributed by atoms with van der Waals surface area (Å²) in [5, 5.41) is 0. The van der Waals surface area contributed by atoms with E-state index < -0.39 is 0 Å². The summed E-state index contributed by atoms with van der Waals surface area (Å²) in [6.07, 6.45) is 1.24. The average Bonchev–Trinajstić information content (AvgIpc) is 2.74. The number of hydrogen-bond donors (Lipinski definition) is 0. The molecule has 0 atom stereocenters. The number of halogens is 1. The van der Waals surface area contributed by atoms with Crippen LogP contribution in [0.2, 0.25) is 0 Å². The number of anilines is 1.